The molecule has 0 aliphatic heterocycles. The molecule has 0 amide bonds. The summed E-state index contributed by atoms with van der Waals surface area (Å²) in [5.74, 6) is -0.535. The average Bonchev–Trinajstić information content (AvgIpc) is 3.11. The lowest BCUT2D eigenvalue weighted by atomic mass is 10.0. The fourth-order valence-electron chi connectivity index (χ4n) is 2.47. The Kier molecular flexibility index (Phi) is 3.73. The van der Waals surface area contributed by atoms with Gasteiger partial charge in [0.25, 0.3) is 5.69 Å². The second kappa shape index (κ2) is 5.15. The van der Waals surface area contributed by atoms with Crippen LogP contribution in [0.4, 0.5) is 15.8 Å². The summed E-state index contributed by atoms with van der Waals surface area (Å²) in [6, 6.07) is 2.52. The first kappa shape index (κ1) is 13.8. The van der Waals surface area contributed by atoms with Gasteiger partial charge in [0.05, 0.1) is 11.0 Å². The van der Waals surface area contributed by atoms with Crippen molar-refractivity contribution >= 4 is 11.4 Å². The monoisotopic (exact) mass is 266 g/mol. The van der Waals surface area contributed by atoms with Gasteiger partial charge in [0.15, 0.2) is 0 Å². The first-order valence-corrected chi connectivity index (χ1v) is 6.66. The van der Waals surface area contributed by atoms with Crippen molar-refractivity contribution < 1.29 is 9.31 Å². The molecule has 2 rings (SSSR count). The Morgan fingerprint density at radius 2 is 2.16 bits per heavy atom. The van der Waals surface area contributed by atoms with Gasteiger partial charge < -0.3 is 5.32 Å². The molecular formula is C14H19FN2O2. The molecule has 104 valence electrons. The zero-order valence-corrected chi connectivity index (χ0v) is 11.3. The topological polar surface area (TPSA) is 55.2 Å². The first-order valence-electron chi connectivity index (χ1n) is 6.66. The lowest BCUT2D eigenvalue weighted by molar-refractivity contribution is -0.384. The second-order valence-corrected chi connectivity index (χ2v) is 5.48. The van der Waals surface area contributed by atoms with Crippen molar-refractivity contribution in [2.24, 2.45) is 5.41 Å². The van der Waals surface area contributed by atoms with Crippen molar-refractivity contribution in [1.82, 2.24) is 0 Å². The van der Waals surface area contributed by atoms with Crippen LogP contribution in [0, 0.1) is 28.3 Å². The molecule has 1 N–H and O–H groups in total. The van der Waals surface area contributed by atoms with Crippen LogP contribution < -0.4 is 5.32 Å². The Morgan fingerprint density at radius 1 is 1.47 bits per heavy atom. The molecule has 1 aliphatic rings. The second-order valence-electron chi connectivity index (χ2n) is 5.48. The molecule has 1 fully saturated rings. The van der Waals surface area contributed by atoms with E-state index in [9.17, 15) is 14.5 Å². The molecule has 0 unspecified atom stereocenters. The van der Waals surface area contributed by atoms with Gasteiger partial charge >= 0.3 is 0 Å². The zero-order chi connectivity index (χ0) is 14.0. The third kappa shape index (κ3) is 3.03. The van der Waals surface area contributed by atoms with Gasteiger partial charge in [-0.2, -0.15) is 0 Å². The summed E-state index contributed by atoms with van der Waals surface area (Å²) in [7, 11) is 0. The van der Waals surface area contributed by atoms with Gasteiger partial charge in [-0.25, -0.2) is 4.39 Å². The van der Waals surface area contributed by atoms with E-state index < -0.39 is 10.7 Å². The molecule has 0 radical (unpaired) electrons. The molecule has 1 aliphatic carbocycles. The number of nitrogens with one attached hydrogen (secondary N) is 1. The standard InChI is InChI=1S/C14H19FN2O2/c1-3-4-14(5-6-14)9-16-12-7-10(2)11(15)8-13(12)17(18)19/h7-8,16H,3-6,9H2,1-2H3. The molecule has 0 heterocycles. The van der Waals surface area contributed by atoms with Crippen molar-refractivity contribution in [3.8, 4) is 0 Å². The summed E-state index contributed by atoms with van der Waals surface area (Å²) >= 11 is 0. The minimum atomic E-state index is -0.537. The Morgan fingerprint density at radius 3 is 2.68 bits per heavy atom. The average molecular weight is 266 g/mol. The molecule has 1 aromatic carbocycles. The highest BCUT2D eigenvalue weighted by Gasteiger charge is 2.41. The van der Waals surface area contributed by atoms with E-state index in [1.165, 1.54) is 18.9 Å². The van der Waals surface area contributed by atoms with Gasteiger partial charge in [-0.15, -0.1) is 0 Å². The molecule has 1 saturated carbocycles. The highest BCUT2D eigenvalue weighted by molar-refractivity contribution is 5.63. The van der Waals surface area contributed by atoms with E-state index in [-0.39, 0.29) is 5.69 Å². The number of anilines is 1. The number of nitro groups is 1. The van der Waals surface area contributed by atoms with Gasteiger partial charge in [0.1, 0.15) is 11.5 Å². The van der Waals surface area contributed by atoms with Crippen LogP contribution in [-0.4, -0.2) is 11.5 Å². The normalized spacial score (nSPS) is 16.2. The maximum absolute atomic E-state index is 13.4. The summed E-state index contributed by atoms with van der Waals surface area (Å²) in [5.41, 5.74) is 0.959. The minimum Gasteiger partial charge on any atom is -0.379 e. The van der Waals surface area contributed by atoms with Gasteiger partial charge in [-0.05, 0) is 43.2 Å². The van der Waals surface area contributed by atoms with Crippen LogP contribution in [-0.2, 0) is 0 Å². The molecule has 0 saturated heterocycles. The van der Waals surface area contributed by atoms with Crippen LogP contribution in [0.2, 0.25) is 0 Å². The van der Waals surface area contributed by atoms with E-state index in [1.54, 1.807) is 6.92 Å². The third-order valence-corrected chi connectivity index (χ3v) is 3.86. The van der Waals surface area contributed by atoms with E-state index in [0.717, 1.165) is 25.5 Å². The molecule has 0 bridgehead atoms. The Hall–Kier alpha value is -1.65. The lowest BCUT2D eigenvalue weighted by Crippen LogP contribution is -2.16. The van der Waals surface area contributed by atoms with Crippen molar-refractivity contribution in [1.29, 1.82) is 0 Å². The first-order chi connectivity index (χ1) is 8.97. The number of nitrogens with zero attached hydrogens (tertiary/aromatic N) is 1. The Balaban J connectivity index is 2.15. The van der Waals surface area contributed by atoms with Crippen LogP contribution in [0.25, 0.3) is 0 Å². The number of benzene rings is 1. The molecule has 1 aromatic rings. The third-order valence-electron chi connectivity index (χ3n) is 3.86. The van der Waals surface area contributed by atoms with Crippen molar-refractivity contribution in [3.63, 3.8) is 0 Å². The van der Waals surface area contributed by atoms with E-state index in [1.807, 2.05) is 0 Å². The van der Waals surface area contributed by atoms with E-state index >= 15 is 0 Å². The fourth-order valence-corrected chi connectivity index (χ4v) is 2.47. The summed E-state index contributed by atoms with van der Waals surface area (Å²) in [6.07, 6.45) is 4.59. The van der Waals surface area contributed by atoms with Crippen molar-refractivity contribution in [2.45, 2.75) is 39.5 Å². The minimum absolute atomic E-state index is 0.185. The summed E-state index contributed by atoms with van der Waals surface area (Å²) in [5, 5.41) is 14.1. The smallest absolute Gasteiger partial charge is 0.295 e. The SMILES string of the molecule is CCCC1(CNc2cc(C)c(F)cc2[N+](=O)[O-])CC1. The quantitative estimate of drug-likeness (QED) is 0.624. The molecule has 4 nitrogen and oxygen atoms in total. The Labute approximate surface area is 112 Å². The highest BCUT2D eigenvalue weighted by Crippen LogP contribution is 2.49. The van der Waals surface area contributed by atoms with Crippen LogP contribution >= 0.6 is 0 Å². The van der Waals surface area contributed by atoms with Gasteiger partial charge in [-0.3, -0.25) is 10.1 Å². The van der Waals surface area contributed by atoms with Crippen LogP contribution in [0.15, 0.2) is 12.1 Å². The number of rotatable bonds is 6. The predicted octanol–water partition coefficient (Wildman–Crippen LogP) is 4.03. The summed E-state index contributed by atoms with van der Waals surface area (Å²) in [4.78, 5) is 10.4. The number of nitro benzene ring substituents is 1. The van der Waals surface area contributed by atoms with Crippen LogP contribution in [0.1, 0.15) is 38.2 Å². The number of hydrogen-bond donors (Lipinski definition) is 1. The summed E-state index contributed by atoms with van der Waals surface area (Å²) < 4.78 is 13.4. The van der Waals surface area contributed by atoms with Gasteiger partial charge in [0.2, 0.25) is 0 Å². The lowest BCUT2D eigenvalue weighted by Gasteiger charge is -2.16. The van der Waals surface area contributed by atoms with Crippen molar-refractivity contribution in [3.05, 3.63) is 33.6 Å². The fraction of sp³-hybridized carbons (Fsp3) is 0.571. The highest BCUT2D eigenvalue weighted by atomic mass is 19.1. The van der Waals surface area contributed by atoms with E-state index in [2.05, 4.69) is 12.2 Å². The zero-order valence-electron chi connectivity index (χ0n) is 11.3. The molecule has 0 atom stereocenters. The van der Waals surface area contributed by atoms with E-state index in [4.69, 9.17) is 0 Å². The van der Waals surface area contributed by atoms with Crippen molar-refractivity contribution in [2.75, 3.05) is 11.9 Å². The summed E-state index contributed by atoms with van der Waals surface area (Å²) in [6.45, 7) is 4.49. The van der Waals surface area contributed by atoms with E-state index in [0.29, 0.717) is 16.7 Å². The largest absolute Gasteiger partial charge is 0.379 e. The molecule has 0 aromatic heterocycles. The Bertz CT molecular complexity index is 498. The molecule has 0 spiro atoms. The molecular weight excluding hydrogens is 247 g/mol. The maximum atomic E-state index is 13.4. The maximum Gasteiger partial charge on any atom is 0.295 e. The number of halogens is 1. The molecule has 19 heavy (non-hydrogen) atoms. The predicted molar refractivity (Wildman–Crippen MR) is 72.9 cm³/mol. The van der Waals surface area contributed by atoms with Crippen LogP contribution in [0.5, 0.6) is 0 Å². The number of aryl methyl sites for hydroxylation is 1. The van der Waals surface area contributed by atoms with Gasteiger partial charge in [-0.1, -0.05) is 13.3 Å². The molecule has 5 heteroatoms. The van der Waals surface area contributed by atoms with Crippen LogP contribution in [0.3, 0.4) is 0 Å². The number of hydrogen-bond acceptors (Lipinski definition) is 3. The van der Waals surface area contributed by atoms with Gasteiger partial charge in [0, 0.05) is 6.54 Å².